The van der Waals surface area contributed by atoms with Crippen LogP contribution in [0.3, 0.4) is 0 Å². The molecular weight excluding hydrogens is 350 g/mol. The van der Waals surface area contributed by atoms with Crippen LogP contribution in [-0.4, -0.2) is 89.9 Å². The molecule has 0 aromatic rings. The van der Waals surface area contributed by atoms with Gasteiger partial charge in [-0.1, -0.05) is 0 Å². The molecule has 0 aliphatic carbocycles. The minimum atomic E-state index is -4.02. The Morgan fingerprint density at radius 3 is 1.32 bits per heavy atom. The van der Waals surface area contributed by atoms with E-state index in [0.29, 0.717) is 14.0 Å². The van der Waals surface area contributed by atoms with E-state index >= 15 is 0 Å². The zero-order chi connectivity index (χ0) is 20.2. The van der Waals surface area contributed by atoms with Crippen LogP contribution in [-0.2, 0) is 28.7 Å². The molecule has 1 saturated heterocycles. The molecule has 1 rings (SSSR count). The lowest BCUT2D eigenvalue weighted by Crippen LogP contribution is -2.94. The fourth-order valence-corrected chi connectivity index (χ4v) is 2.66. The van der Waals surface area contributed by atoms with Crippen molar-refractivity contribution in [2.75, 3.05) is 7.05 Å². The molecular formula is C11H15N3O11. The third-order valence-corrected chi connectivity index (χ3v) is 4.31. The van der Waals surface area contributed by atoms with E-state index in [4.69, 9.17) is 11.5 Å². The third kappa shape index (κ3) is 1.95. The summed E-state index contributed by atoms with van der Waals surface area (Å²) in [5.74, 6) is -12.1. The van der Waals surface area contributed by atoms with Crippen molar-refractivity contribution in [3.05, 3.63) is 0 Å². The first-order valence-corrected chi connectivity index (χ1v) is 6.27. The smallest absolute Gasteiger partial charge is 0.352 e. The van der Waals surface area contributed by atoms with Crippen LogP contribution in [0.25, 0.3) is 0 Å². The van der Waals surface area contributed by atoms with Crippen LogP contribution in [0.1, 0.15) is 6.92 Å². The summed E-state index contributed by atoms with van der Waals surface area (Å²) in [6.07, 6.45) is 0. The molecule has 0 bridgehead atoms. The minimum absolute atomic E-state index is 0.121. The highest BCUT2D eigenvalue weighted by Crippen LogP contribution is 2.46. The Morgan fingerprint density at radius 2 is 1.08 bits per heavy atom. The molecule has 2 unspecified atom stereocenters. The van der Waals surface area contributed by atoms with Crippen molar-refractivity contribution in [2.24, 2.45) is 11.5 Å². The second-order valence-electron chi connectivity index (χ2n) is 5.46. The highest BCUT2D eigenvalue weighted by atomic mass is 16.6. The molecule has 0 amide bonds. The summed E-state index contributed by atoms with van der Waals surface area (Å²) >= 11 is 0. The van der Waals surface area contributed by atoms with E-state index in [2.05, 4.69) is 4.74 Å². The maximum Gasteiger partial charge on any atom is 0.352 e. The number of nitrogens with zero attached hydrogens (tertiary/aromatic N) is 1. The summed E-state index contributed by atoms with van der Waals surface area (Å²) in [6.45, 7) is 0.688. The molecule has 0 aromatic heterocycles. The quantitative estimate of drug-likeness (QED) is 0.230. The third-order valence-electron chi connectivity index (χ3n) is 4.31. The van der Waals surface area contributed by atoms with Gasteiger partial charge in [-0.25, -0.2) is 24.0 Å². The van der Waals surface area contributed by atoms with Gasteiger partial charge >= 0.3 is 35.4 Å². The summed E-state index contributed by atoms with van der Waals surface area (Å²) in [7, 11) is 0.665. The highest BCUT2D eigenvalue weighted by Gasteiger charge is 2.83. The molecule has 14 nitrogen and oxygen atoms in total. The lowest BCUT2D eigenvalue weighted by atomic mass is 9.75. The first kappa shape index (κ1) is 20.2. The van der Waals surface area contributed by atoms with Crippen molar-refractivity contribution in [3.8, 4) is 0 Å². The molecule has 1 fully saturated rings. The number of hydrogen-bond acceptors (Lipinski definition) is 9. The van der Waals surface area contributed by atoms with E-state index in [1.165, 1.54) is 0 Å². The molecule has 0 aromatic carbocycles. The molecule has 0 radical (unpaired) electrons. The zero-order valence-corrected chi connectivity index (χ0v) is 12.8. The topological polar surface area (TPSA) is 251 Å². The molecule has 0 spiro atoms. The maximum atomic E-state index is 11.6. The SMILES string of the molecule is CN1C(C)(N)C(C(=O)O)(C(=O)O)OC(C(=O)O)(C(=O)O)C1(N)C(=O)O. The Kier molecular flexibility index (Phi) is 4.33. The van der Waals surface area contributed by atoms with Crippen molar-refractivity contribution < 1.29 is 54.2 Å². The van der Waals surface area contributed by atoms with Crippen molar-refractivity contribution in [2.45, 2.75) is 29.5 Å². The van der Waals surface area contributed by atoms with Crippen LogP contribution >= 0.6 is 0 Å². The maximum absolute atomic E-state index is 11.6. The summed E-state index contributed by atoms with van der Waals surface area (Å²) in [5, 5.41) is 46.7. The van der Waals surface area contributed by atoms with Gasteiger partial charge in [0, 0.05) is 0 Å². The summed E-state index contributed by atoms with van der Waals surface area (Å²) in [5.41, 5.74) is -2.82. The molecule has 140 valence electrons. The molecule has 25 heavy (non-hydrogen) atoms. The summed E-state index contributed by atoms with van der Waals surface area (Å²) in [6, 6.07) is 0. The summed E-state index contributed by atoms with van der Waals surface area (Å²) in [4.78, 5) is 58.2. The normalized spacial score (nSPS) is 31.0. The zero-order valence-electron chi connectivity index (χ0n) is 12.8. The fourth-order valence-electron chi connectivity index (χ4n) is 2.66. The number of morpholine rings is 1. The van der Waals surface area contributed by atoms with Crippen LogP contribution < -0.4 is 11.5 Å². The van der Waals surface area contributed by atoms with Crippen molar-refractivity contribution >= 4 is 29.8 Å². The van der Waals surface area contributed by atoms with Crippen LogP contribution in [0.4, 0.5) is 0 Å². The van der Waals surface area contributed by atoms with E-state index in [-0.39, 0.29) is 4.90 Å². The molecule has 1 heterocycles. The highest BCUT2D eigenvalue weighted by molar-refractivity contribution is 6.12. The molecule has 1 aliphatic heterocycles. The van der Waals surface area contributed by atoms with Crippen LogP contribution in [0.15, 0.2) is 0 Å². The van der Waals surface area contributed by atoms with E-state index in [1.807, 2.05) is 0 Å². The Hall–Kier alpha value is -2.81. The van der Waals surface area contributed by atoms with Crippen molar-refractivity contribution in [3.63, 3.8) is 0 Å². The average molecular weight is 365 g/mol. The van der Waals surface area contributed by atoms with E-state index < -0.39 is 52.4 Å². The number of likely N-dealkylation sites (N-methyl/N-ethyl adjacent to an activating group) is 1. The number of ether oxygens (including phenoxy) is 1. The van der Waals surface area contributed by atoms with Gasteiger partial charge in [0.25, 0.3) is 5.60 Å². The van der Waals surface area contributed by atoms with E-state index in [0.717, 1.165) is 0 Å². The second kappa shape index (κ2) is 5.35. The first-order chi connectivity index (χ1) is 11.1. The van der Waals surface area contributed by atoms with Gasteiger partial charge < -0.3 is 41.7 Å². The summed E-state index contributed by atoms with van der Waals surface area (Å²) < 4.78 is 4.50. The van der Waals surface area contributed by atoms with Gasteiger partial charge in [0.1, 0.15) is 5.66 Å². The number of carbonyl (C=O) groups is 5. The first-order valence-electron chi connectivity index (χ1n) is 6.27. The number of hydrogen-bond donors (Lipinski definition) is 7. The van der Waals surface area contributed by atoms with Gasteiger partial charge in [-0.15, -0.1) is 0 Å². The molecule has 14 heteroatoms. The van der Waals surface area contributed by atoms with Gasteiger partial charge in [-0.3, -0.25) is 4.90 Å². The Balaban J connectivity index is 4.10. The lowest BCUT2D eigenvalue weighted by molar-refractivity contribution is -0.297. The monoisotopic (exact) mass is 365 g/mol. The molecule has 9 N–H and O–H groups in total. The molecule has 1 aliphatic rings. The predicted molar refractivity (Wildman–Crippen MR) is 72.0 cm³/mol. The predicted octanol–water partition coefficient (Wildman–Crippen LogP) is -3.82. The van der Waals surface area contributed by atoms with Crippen molar-refractivity contribution in [1.82, 2.24) is 4.90 Å². The number of carboxylic acids is 5. The largest absolute Gasteiger partial charge is 0.479 e. The van der Waals surface area contributed by atoms with Crippen LogP contribution in [0, 0.1) is 0 Å². The Bertz CT molecular complexity index is 659. The van der Waals surface area contributed by atoms with Crippen molar-refractivity contribution in [1.29, 1.82) is 0 Å². The van der Waals surface area contributed by atoms with Gasteiger partial charge in [0.15, 0.2) is 0 Å². The number of nitrogens with two attached hydrogens (primary N) is 2. The average Bonchev–Trinajstić information content (AvgIpc) is 2.43. The number of aliphatic carboxylic acids is 5. The Morgan fingerprint density at radius 1 is 0.760 bits per heavy atom. The van der Waals surface area contributed by atoms with E-state index in [9.17, 15) is 49.5 Å². The van der Waals surface area contributed by atoms with Crippen LogP contribution in [0.5, 0.6) is 0 Å². The fraction of sp³-hybridized carbons (Fsp3) is 0.545. The minimum Gasteiger partial charge on any atom is -0.479 e. The lowest BCUT2D eigenvalue weighted by Gasteiger charge is -2.59. The molecule has 0 saturated carbocycles. The van der Waals surface area contributed by atoms with Gasteiger partial charge in [-0.05, 0) is 14.0 Å². The Labute approximate surface area is 138 Å². The number of rotatable bonds is 5. The van der Waals surface area contributed by atoms with E-state index in [1.54, 1.807) is 0 Å². The number of carboxylic acid groups (broad SMARTS) is 5. The molecule has 2 atom stereocenters. The van der Waals surface area contributed by atoms with Gasteiger partial charge in [0.2, 0.25) is 5.66 Å². The van der Waals surface area contributed by atoms with Crippen LogP contribution in [0.2, 0.25) is 0 Å². The standard InChI is InChI=1S/C11H15N3O11/c1-8(12)9(3(15)16,4(17)18)25-10(5(19)20,6(21)22)11(13,7(23)24)14(8)2/h12-13H2,1-2H3,(H,15,16)(H,17,18)(H,19,20)(H,21,22)(H,23,24). The second-order valence-corrected chi connectivity index (χ2v) is 5.46. The van der Waals surface area contributed by atoms with Gasteiger partial charge in [0.05, 0.1) is 0 Å². The van der Waals surface area contributed by atoms with Gasteiger partial charge in [-0.2, -0.15) is 0 Å².